The first-order valence-electron chi connectivity index (χ1n) is 8.04. The van der Waals surface area contributed by atoms with Crippen LogP contribution in [-0.4, -0.2) is 25.8 Å². The maximum absolute atomic E-state index is 12.6. The molecule has 3 rings (SSSR count). The molecule has 0 aromatic heterocycles. The molecule has 1 aliphatic heterocycles. The smallest absolute Gasteiger partial charge is 0.212 e. The van der Waals surface area contributed by atoms with E-state index in [1.807, 2.05) is 60.7 Å². The molecule has 0 amide bonds. The molecule has 0 radical (unpaired) electrons. The first-order valence-corrected chi connectivity index (χ1v) is 9.65. The number of nitrogens with zero attached hydrogens (tertiary/aromatic N) is 2. The summed E-state index contributed by atoms with van der Waals surface area (Å²) in [7, 11) is -3.35. The zero-order valence-corrected chi connectivity index (χ0v) is 14.2. The molecule has 1 fully saturated rings. The van der Waals surface area contributed by atoms with Gasteiger partial charge in [-0.05, 0) is 24.0 Å². The minimum Gasteiger partial charge on any atom is -0.212 e. The van der Waals surface area contributed by atoms with Crippen molar-refractivity contribution in [1.29, 1.82) is 5.26 Å². The Bertz CT molecular complexity index is 819. The van der Waals surface area contributed by atoms with Crippen molar-refractivity contribution in [3.8, 4) is 6.07 Å². The zero-order valence-electron chi connectivity index (χ0n) is 13.4. The highest BCUT2D eigenvalue weighted by Gasteiger charge is 2.39. The Morgan fingerprint density at radius 2 is 1.50 bits per heavy atom. The van der Waals surface area contributed by atoms with Gasteiger partial charge in [-0.15, -0.1) is 0 Å². The van der Waals surface area contributed by atoms with E-state index in [-0.39, 0.29) is 5.75 Å². The fourth-order valence-corrected chi connectivity index (χ4v) is 4.78. The van der Waals surface area contributed by atoms with Gasteiger partial charge in [-0.3, -0.25) is 0 Å². The Labute approximate surface area is 143 Å². The van der Waals surface area contributed by atoms with E-state index in [2.05, 4.69) is 6.07 Å². The number of piperidine rings is 1. The van der Waals surface area contributed by atoms with Crippen LogP contribution in [0.25, 0.3) is 0 Å². The normalized spacial score (nSPS) is 18.0. The quantitative estimate of drug-likeness (QED) is 0.859. The predicted octanol–water partition coefficient (Wildman–Crippen LogP) is 3.07. The lowest BCUT2D eigenvalue weighted by atomic mass is 9.74. The standard InChI is InChI=1S/C19H20N2O2S/c20-16-19(18-9-5-2-6-10-18)11-13-21(14-12-19)24(22,23)15-17-7-3-1-4-8-17/h1-10H,11-15H2. The molecule has 2 aromatic carbocycles. The Morgan fingerprint density at radius 1 is 0.958 bits per heavy atom. The van der Waals surface area contributed by atoms with E-state index in [1.165, 1.54) is 4.31 Å². The van der Waals surface area contributed by atoms with Crippen molar-refractivity contribution in [3.05, 3.63) is 71.8 Å². The van der Waals surface area contributed by atoms with Crippen molar-refractivity contribution in [1.82, 2.24) is 4.31 Å². The van der Waals surface area contributed by atoms with Crippen LogP contribution in [0.2, 0.25) is 0 Å². The number of nitriles is 1. The van der Waals surface area contributed by atoms with Gasteiger partial charge in [0.15, 0.2) is 0 Å². The van der Waals surface area contributed by atoms with Gasteiger partial charge >= 0.3 is 0 Å². The molecule has 0 atom stereocenters. The minimum absolute atomic E-state index is 0.0126. The minimum atomic E-state index is -3.35. The summed E-state index contributed by atoms with van der Waals surface area (Å²) < 4.78 is 26.8. The van der Waals surface area contributed by atoms with Gasteiger partial charge in [0.1, 0.15) is 0 Å². The summed E-state index contributed by atoms with van der Waals surface area (Å²) in [5, 5.41) is 9.70. The van der Waals surface area contributed by atoms with E-state index >= 15 is 0 Å². The highest BCUT2D eigenvalue weighted by Crippen LogP contribution is 2.35. The summed E-state index contributed by atoms with van der Waals surface area (Å²) in [5.41, 5.74) is 1.19. The van der Waals surface area contributed by atoms with Crippen molar-refractivity contribution >= 4 is 10.0 Å². The van der Waals surface area contributed by atoms with Crippen LogP contribution in [0.5, 0.6) is 0 Å². The molecule has 0 unspecified atom stereocenters. The molecule has 0 aliphatic carbocycles. The maximum atomic E-state index is 12.6. The third kappa shape index (κ3) is 3.35. The molecule has 0 bridgehead atoms. The van der Waals surface area contributed by atoms with Gasteiger partial charge in [0.25, 0.3) is 0 Å². The fourth-order valence-electron chi connectivity index (χ4n) is 3.24. The van der Waals surface area contributed by atoms with Crippen LogP contribution in [0, 0.1) is 11.3 Å². The Morgan fingerprint density at radius 3 is 2.04 bits per heavy atom. The second kappa shape index (κ2) is 6.76. The highest BCUT2D eigenvalue weighted by molar-refractivity contribution is 7.88. The van der Waals surface area contributed by atoms with Gasteiger partial charge in [-0.1, -0.05) is 60.7 Å². The summed E-state index contributed by atoms with van der Waals surface area (Å²) in [4.78, 5) is 0. The largest absolute Gasteiger partial charge is 0.218 e. The maximum Gasteiger partial charge on any atom is 0.218 e. The number of hydrogen-bond acceptors (Lipinski definition) is 3. The molecular weight excluding hydrogens is 320 g/mol. The summed E-state index contributed by atoms with van der Waals surface area (Å²) in [6.45, 7) is 0.773. The average Bonchev–Trinajstić information content (AvgIpc) is 2.63. The molecule has 0 spiro atoms. The van der Waals surface area contributed by atoms with Gasteiger partial charge in [0.05, 0.1) is 17.2 Å². The van der Waals surface area contributed by atoms with Crippen LogP contribution >= 0.6 is 0 Å². The third-order valence-corrected chi connectivity index (χ3v) is 6.55. The van der Waals surface area contributed by atoms with Gasteiger partial charge in [0.2, 0.25) is 10.0 Å². The van der Waals surface area contributed by atoms with Gasteiger partial charge in [-0.25, -0.2) is 12.7 Å². The Kier molecular flexibility index (Phi) is 4.70. The zero-order chi connectivity index (χ0) is 17.0. The molecule has 2 aromatic rings. The lowest BCUT2D eigenvalue weighted by molar-refractivity contribution is 0.277. The molecule has 5 heteroatoms. The molecular formula is C19H20N2O2S. The van der Waals surface area contributed by atoms with E-state index in [4.69, 9.17) is 0 Å². The van der Waals surface area contributed by atoms with Crippen molar-refractivity contribution in [2.45, 2.75) is 24.0 Å². The topological polar surface area (TPSA) is 61.2 Å². The predicted molar refractivity (Wildman–Crippen MR) is 93.6 cm³/mol. The van der Waals surface area contributed by atoms with E-state index in [0.717, 1.165) is 11.1 Å². The third-order valence-electron chi connectivity index (χ3n) is 4.70. The lowest BCUT2D eigenvalue weighted by Crippen LogP contribution is -2.44. The molecule has 0 saturated carbocycles. The molecule has 4 nitrogen and oxygen atoms in total. The van der Waals surface area contributed by atoms with Gasteiger partial charge < -0.3 is 0 Å². The van der Waals surface area contributed by atoms with Crippen LogP contribution in [0.1, 0.15) is 24.0 Å². The van der Waals surface area contributed by atoms with Gasteiger partial charge in [0, 0.05) is 13.1 Å². The van der Waals surface area contributed by atoms with Crippen LogP contribution in [0.15, 0.2) is 60.7 Å². The molecule has 1 heterocycles. The fraction of sp³-hybridized carbons (Fsp3) is 0.316. The molecule has 1 saturated heterocycles. The Hall–Kier alpha value is -2.16. The van der Waals surface area contributed by atoms with Gasteiger partial charge in [-0.2, -0.15) is 5.26 Å². The van der Waals surface area contributed by atoms with E-state index in [0.29, 0.717) is 25.9 Å². The average molecular weight is 340 g/mol. The lowest BCUT2D eigenvalue weighted by Gasteiger charge is -2.37. The number of benzene rings is 2. The summed E-state index contributed by atoms with van der Waals surface area (Å²) >= 11 is 0. The second-order valence-electron chi connectivity index (χ2n) is 6.20. The van der Waals surface area contributed by atoms with Crippen molar-refractivity contribution in [2.24, 2.45) is 0 Å². The number of sulfonamides is 1. The van der Waals surface area contributed by atoms with E-state index < -0.39 is 15.4 Å². The number of rotatable bonds is 4. The van der Waals surface area contributed by atoms with Crippen molar-refractivity contribution < 1.29 is 8.42 Å². The summed E-state index contributed by atoms with van der Waals surface area (Å²) in [6, 6.07) is 21.3. The summed E-state index contributed by atoms with van der Waals surface area (Å²) in [6.07, 6.45) is 1.06. The first-order chi connectivity index (χ1) is 11.6. The molecule has 124 valence electrons. The van der Waals surface area contributed by atoms with E-state index in [9.17, 15) is 13.7 Å². The Balaban J connectivity index is 1.73. The molecule has 0 N–H and O–H groups in total. The van der Waals surface area contributed by atoms with Crippen LogP contribution in [0.3, 0.4) is 0 Å². The summed E-state index contributed by atoms with van der Waals surface area (Å²) in [5.74, 6) is 0.0126. The number of hydrogen-bond donors (Lipinski definition) is 0. The molecule has 24 heavy (non-hydrogen) atoms. The first kappa shape index (κ1) is 16.7. The second-order valence-corrected chi connectivity index (χ2v) is 8.17. The highest BCUT2D eigenvalue weighted by atomic mass is 32.2. The van der Waals surface area contributed by atoms with E-state index in [1.54, 1.807) is 0 Å². The van der Waals surface area contributed by atoms with Crippen LogP contribution < -0.4 is 0 Å². The molecule has 1 aliphatic rings. The van der Waals surface area contributed by atoms with Crippen molar-refractivity contribution in [3.63, 3.8) is 0 Å². The van der Waals surface area contributed by atoms with Crippen LogP contribution in [0.4, 0.5) is 0 Å². The monoisotopic (exact) mass is 340 g/mol. The van der Waals surface area contributed by atoms with Crippen LogP contribution in [-0.2, 0) is 21.2 Å². The van der Waals surface area contributed by atoms with Crippen molar-refractivity contribution in [2.75, 3.05) is 13.1 Å². The SMILES string of the molecule is N#CC1(c2ccccc2)CCN(S(=O)(=O)Cc2ccccc2)CC1.